The molecule has 0 unspecified atom stereocenters. The van der Waals surface area contributed by atoms with Crippen molar-refractivity contribution in [3.8, 4) is 11.5 Å². The number of hydrogen-bond acceptors (Lipinski definition) is 4. The number of rotatable bonds is 8. The first-order valence-corrected chi connectivity index (χ1v) is 9.12. The van der Waals surface area contributed by atoms with Crippen LogP contribution in [0, 0.1) is 0 Å². The van der Waals surface area contributed by atoms with Gasteiger partial charge in [0.05, 0.1) is 29.3 Å². The van der Waals surface area contributed by atoms with Crippen molar-refractivity contribution < 1.29 is 9.47 Å². The zero-order valence-corrected chi connectivity index (χ0v) is 16.1. The van der Waals surface area contributed by atoms with Gasteiger partial charge in [0.15, 0.2) is 11.5 Å². The zero-order chi connectivity index (χ0) is 18.5. The van der Waals surface area contributed by atoms with Crippen LogP contribution in [0.5, 0.6) is 11.5 Å². The Morgan fingerprint density at radius 2 is 2.04 bits per heavy atom. The van der Waals surface area contributed by atoms with E-state index in [4.69, 9.17) is 21.1 Å². The van der Waals surface area contributed by atoms with Crippen LogP contribution in [0.25, 0.3) is 11.0 Å². The highest BCUT2D eigenvalue weighted by Gasteiger charge is 2.13. The van der Waals surface area contributed by atoms with Crippen LogP contribution in [0.15, 0.2) is 36.4 Å². The number of H-pyrrole nitrogens is 1. The summed E-state index contributed by atoms with van der Waals surface area (Å²) in [6.07, 6.45) is 0.864. The van der Waals surface area contributed by atoms with Crippen molar-refractivity contribution in [2.45, 2.75) is 32.9 Å². The van der Waals surface area contributed by atoms with E-state index >= 15 is 0 Å². The number of imidazole rings is 1. The van der Waals surface area contributed by atoms with Gasteiger partial charge in [-0.2, -0.15) is 0 Å². The number of methoxy groups -OCH3 is 1. The predicted octanol–water partition coefficient (Wildman–Crippen LogP) is 4.34. The molecule has 2 aromatic carbocycles. The van der Waals surface area contributed by atoms with Crippen LogP contribution in [-0.2, 0) is 13.0 Å². The highest BCUT2D eigenvalue weighted by atomic mass is 35.5. The number of hydrogen-bond donors (Lipinski definition) is 2. The zero-order valence-electron chi connectivity index (χ0n) is 15.3. The summed E-state index contributed by atoms with van der Waals surface area (Å²) in [5.41, 5.74) is 3.12. The van der Waals surface area contributed by atoms with Crippen LogP contribution in [0.2, 0.25) is 5.02 Å². The van der Waals surface area contributed by atoms with Crippen LogP contribution < -0.4 is 14.8 Å². The molecule has 5 nitrogen and oxygen atoms in total. The average Bonchev–Trinajstić information content (AvgIpc) is 3.03. The Balaban J connectivity index is 1.58. The molecule has 0 spiro atoms. The SMILES string of the molecule is COc1cc(CNCCc2nc3ccccc3[nH]2)cc(Cl)c1OC(C)C. The number of ether oxygens (including phenoxy) is 2. The van der Waals surface area contributed by atoms with Crippen LogP contribution in [-0.4, -0.2) is 29.7 Å². The molecular weight excluding hydrogens is 350 g/mol. The summed E-state index contributed by atoms with van der Waals surface area (Å²) in [6, 6.07) is 11.9. The quantitative estimate of drug-likeness (QED) is 0.576. The molecule has 0 radical (unpaired) electrons. The van der Waals surface area contributed by atoms with E-state index in [0.29, 0.717) is 23.1 Å². The fourth-order valence-electron chi connectivity index (χ4n) is 2.79. The van der Waals surface area contributed by atoms with E-state index < -0.39 is 0 Å². The Labute approximate surface area is 158 Å². The van der Waals surface area contributed by atoms with E-state index in [9.17, 15) is 0 Å². The minimum absolute atomic E-state index is 0.0363. The van der Waals surface area contributed by atoms with Gasteiger partial charge in [-0.15, -0.1) is 0 Å². The molecule has 0 aliphatic heterocycles. The monoisotopic (exact) mass is 373 g/mol. The van der Waals surface area contributed by atoms with Crippen molar-refractivity contribution in [2.75, 3.05) is 13.7 Å². The minimum atomic E-state index is 0.0363. The second-order valence-electron chi connectivity index (χ2n) is 6.40. The molecule has 0 fully saturated rings. The number of halogens is 1. The number of nitrogens with zero attached hydrogens (tertiary/aromatic N) is 1. The minimum Gasteiger partial charge on any atom is -0.493 e. The molecule has 0 aliphatic carbocycles. The standard InChI is InChI=1S/C20H24ClN3O2/c1-13(2)26-20-15(21)10-14(11-18(20)25-3)12-22-9-8-19-23-16-6-4-5-7-17(16)24-19/h4-7,10-11,13,22H,8-9,12H2,1-3H3,(H,23,24). The molecule has 0 bridgehead atoms. The van der Waals surface area contributed by atoms with E-state index in [1.807, 2.05) is 50.2 Å². The average molecular weight is 374 g/mol. The Morgan fingerprint density at radius 1 is 1.23 bits per heavy atom. The number of aromatic nitrogens is 2. The van der Waals surface area contributed by atoms with E-state index in [1.54, 1.807) is 7.11 Å². The van der Waals surface area contributed by atoms with E-state index in [2.05, 4.69) is 15.3 Å². The fourth-order valence-corrected chi connectivity index (χ4v) is 3.07. The van der Waals surface area contributed by atoms with Crippen molar-refractivity contribution in [1.82, 2.24) is 15.3 Å². The fraction of sp³-hybridized carbons (Fsp3) is 0.350. The van der Waals surface area contributed by atoms with Crippen LogP contribution >= 0.6 is 11.6 Å². The van der Waals surface area contributed by atoms with Crippen LogP contribution in [0.1, 0.15) is 25.2 Å². The van der Waals surface area contributed by atoms with Gasteiger partial charge >= 0.3 is 0 Å². The molecule has 2 N–H and O–H groups in total. The largest absolute Gasteiger partial charge is 0.493 e. The lowest BCUT2D eigenvalue weighted by molar-refractivity contribution is 0.230. The van der Waals surface area contributed by atoms with Gasteiger partial charge in [-0.25, -0.2) is 4.98 Å². The molecule has 26 heavy (non-hydrogen) atoms. The molecule has 1 aromatic heterocycles. The molecule has 6 heteroatoms. The topological polar surface area (TPSA) is 59.2 Å². The lowest BCUT2D eigenvalue weighted by atomic mass is 10.2. The van der Waals surface area contributed by atoms with Gasteiger partial charge in [-0.05, 0) is 43.7 Å². The van der Waals surface area contributed by atoms with Gasteiger partial charge in [0.1, 0.15) is 5.82 Å². The van der Waals surface area contributed by atoms with Crippen molar-refractivity contribution in [1.29, 1.82) is 0 Å². The molecule has 3 rings (SSSR count). The summed E-state index contributed by atoms with van der Waals surface area (Å²) in [5, 5.41) is 3.98. The maximum absolute atomic E-state index is 6.36. The third-order valence-electron chi connectivity index (χ3n) is 3.95. The maximum Gasteiger partial charge on any atom is 0.180 e. The summed E-state index contributed by atoms with van der Waals surface area (Å²) in [5.74, 6) is 2.23. The molecule has 1 heterocycles. The number of fused-ring (bicyclic) bond motifs is 1. The first-order valence-electron chi connectivity index (χ1n) is 8.74. The van der Waals surface area contributed by atoms with Crippen molar-refractivity contribution >= 4 is 22.6 Å². The summed E-state index contributed by atoms with van der Waals surface area (Å²) in [6.45, 7) is 5.43. The third kappa shape index (κ3) is 4.48. The number of benzene rings is 2. The molecule has 0 saturated heterocycles. The smallest absolute Gasteiger partial charge is 0.180 e. The molecule has 0 atom stereocenters. The Kier molecular flexibility index (Phi) is 6.01. The first-order chi connectivity index (χ1) is 12.6. The first kappa shape index (κ1) is 18.5. The second-order valence-corrected chi connectivity index (χ2v) is 6.81. The summed E-state index contributed by atoms with van der Waals surface area (Å²) >= 11 is 6.36. The Hall–Kier alpha value is -2.24. The van der Waals surface area contributed by atoms with E-state index in [1.165, 1.54) is 0 Å². The van der Waals surface area contributed by atoms with Crippen molar-refractivity contribution in [3.05, 3.63) is 52.8 Å². The number of para-hydroxylation sites is 2. The van der Waals surface area contributed by atoms with Gasteiger partial charge in [0.25, 0.3) is 0 Å². The van der Waals surface area contributed by atoms with Crippen molar-refractivity contribution in [2.24, 2.45) is 0 Å². The normalized spacial score (nSPS) is 11.3. The Morgan fingerprint density at radius 3 is 2.77 bits per heavy atom. The molecular formula is C20H24ClN3O2. The van der Waals surface area contributed by atoms with Gasteiger partial charge in [0, 0.05) is 19.5 Å². The van der Waals surface area contributed by atoms with Gasteiger partial charge in [0.2, 0.25) is 0 Å². The van der Waals surface area contributed by atoms with Gasteiger partial charge in [-0.1, -0.05) is 23.7 Å². The highest BCUT2D eigenvalue weighted by molar-refractivity contribution is 6.32. The van der Waals surface area contributed by atoms with Crippen LogP contribution in [0.3, 0.4) is 0 Å². The van der Waals surface area contributed by atoms with Gasteiger partial charge < -0.3 is 19.8 Å². The molecule has 138 valence electrons. The molecule has 0 aliphatic rings. The summed E-state index contributed by atoms with van der Waals surface area (Å²) in [7, 11) is 1.62. The Bertz CT molecular complexity index is 844. The van der Waals surface area contributed by atoms with E-state index in [0.717, 1.165) is 35.4 Å². The van der Waals surface area contributed by atoms with Gasteiger partial charge in [-0.3, -0.25) is 0 Å². The highest BCUT2D eigenvalue weighted by Crippen LogP contribution is 2.37. The second kappa shape index (κ2) is 8.43. The number of nitrogens with one attached hydrogen (secondary N) is 2. The third-order valence-corrected chi connectivity index (χ3v) is 4.23. The predicted molar refractivity (Wildman–Crippen MR) is 105 cm³/mol. The maximum atomic E-state index is 6.36. The molecule has 3 aromatic rings. The van der Waals surface area contributed by atoms with E-state index in [-0.39, 0.29) is 6.10 Å². The molecule has 0 amide bonds. The lowest BCUT2D eigenvalue weighted by Gasteiger charge is -2.16. The lowest BCUT2D eigenvalue weighted by Crippen LogP contribution is -2.17. The van der Waals surface area contributed by atoms with Crippen LogP contribution in [0.4, 0.5) is 0 Å². The summed E-state index contributed by atoms with van der Waals surface area (Å²) in [4.78, 5) is 7.92. The number of aromatic amines is 1. The molecule has 0 saturated carbocycles. The van der Waals surface area contributed by atoms with Crippen molar-refractivity contribution in [3.63, 3.8) is 0 Å². The summed E-state index contributed by atoms with van der Waals surface area (Å²) < 4.78 is 11.2.